The zero-order valence-corrected chi connectivity index (χ0v) is 11.4. The van der Waals surface area contributed by atoms with E-state index in [9.17, 15) is 0 Å². The van der Waals surface area contributed by atoms with Crippen molar-refractivity contribution in [1.82, 2.24) is 0 Å². The summed E-state index contributed by atoms with van der Waals surface area (Å²) in [5.41, 5.74) is 1.19. The molecule has 0 aliphatic heterocycles. The van der Waals surface area contributed by atoms with Crippen molar-refractivity contribution in [3.8, 4) is 5.75 Å². The maximum absolute atomic E-state index is 5.63. The Labute approximate surface area is 108 Å². The van der Waals surface area contributed by atoms with Crippen molar-refractivity contribution >= 4 is 27.3 Å². The van der Waals surface area contributed by atoms with Gasteiger partial charge in [-0.2, -0.15) is 0 Å². The summed E-state index contributed by atoms with van der Waals surface area (Å²) in [6, 6.07) is 12.4. The lowest BCUT2D eigenvalue weighted by molar-refractivity contribution is 0.337. The second kappa shape index (κ2) is 5.51. The highest BCUT2D eigenvalue weighted by Crippen LogP contribution is 2.38. The van der Waals surface area contributed by atoms with Crippen LogP contribution in [0.3, 0.4) is 0 Å². The molecule has 1 unspecified atom stereocenters. The number of hydrogen-bond acceptors (Lipinski definition) is 2. The van der Waals surface area contributed by atoms with Gasteiger partial charge in [-0.3, -0.25) is 0 Å². The Balaban J connectivity index is 2.32. The smallest absolute Gasteiger partial charge is 0.123 e. The topological polar surface area (TPSA) is 9.23 Å². The van der Waals surface area contributed by atoms with Crippen molar-refractivity contribution in [2.24, 2.45) is 0 Å². The Hall–Kier alpha value is -0.800. The molecular formula is C13H13BrOS. The standard InChI is InChI=1S/C13H13BrOS/c1-2-15-11-7-4-3-6-10(11)13(14)12-8-5-9-16-12/h3-9,13H,2H2,1H3. The highest BCUT2D eigenvalue weighted by atomic mass is 79.9. The highest BCUT2D eigenvalue weighted by Gasteiger charge is 2.15. The van der Waals surface area contributed by atoms with E-state index in [-0.39, 0.29) is 4.83 Å². The van der Waals surface area contributed by atoms with Gasteiger partial charge in [-0.05, 0) is 24.4 Å². The van der Waals surface area contributed by atoms with E-state index in [2.05, 4.69) is 39.5 Å². The molecule has 0 amide bonds. The van der Waals surface area contributed by atoms with E-state index in [0.717, 1.165) is 5.75 Å². The Bertz CT molecular complexity index is 439. The average molecular weight is 297 g/mol. The SMILES string of the molecule is CCOc1ccccc1C(Br)c1cccs1. The number of rotatable bonds is 4. The summed E-state index contributed by atoms with van der Waals surface area (Å²) in [7, 11) is 0. The molecule has 1 aromatic heterocycles. The first-order valence-electron chi connectivity index (χ1n) is 5.22. The van der Waals surface area contributed by atoms with Crippen molar-refractivity contribution in [3.05, 3.63) is 52.2 Å². The molecule has 16 heavy (non-hydrogen) atoms. The monoisotopic (exact) mass is 296 g/mol. The minimum absolute atomic E-state index is 0.218. The lowest BCUT2D eigenvalue weighted by atomic mass is 10.1. The average Bonchev–Trinajstić information content (AvgIpc) is 2.83. The van der Waals surface area contributed by atoms with Crippen LogP contribution in [0.25, 0.3) is 0 Å². The molecule has 1 nitrogen and oxygen atoms in total. The minimum Gasteiger partial charge on any atom is -0.494 e. The molecule has 1 aromatic carbocycles. The predicted molar refractivity (Wildman–Crippen MR) is 72.7 cm³/mol. The molecule has 0 bridgehead atoms. The molecule has 2 rings (SSSR count). The van der Waals surface area contributed by atoms with Gasteiger partial charge in [0.05, 0.1) is 11.4 Å². The van der Waals surface area contributed by atoms with Crippen LogP contribution in [-0.2, 0) is 0 Å². The van der Waals surface area contributed by atoms with Crippen LogP contribution in [0.15, 0.2) is 41.8 Å². The van der Waals surface area contributed by atoms with E-state index < -0.39 is 0 Å². The van der Waals surface area contributed by atoms with E-state index in [1.54, 1.807) is 11.3 Å². The number of ether oxygens (including phenoxy) is 1. The van der Waals surface area contributed by atoms with E-state index in [1.807, 2.05) is 25.1 Å². The third-order valence-electron chi connectivity index (χ3n) is 2.28. The molecule has 2 aromatic rings. The first-order valence-corrected chi connectivity index (χ1v) is 7.01. The fraction of sp³-hybridized carbons (Fsp3) is 0.231. The molecule has 0 saturated carbocycles. The molecule has 3 heteroatoms. The maximum atomic E-state index is 5.63. The molecule has 0 fully saturated rings. The molecule has 1 atom stereocenters. The molecule has 0 radical (unpaired) electrons. The minimum atomic E-state index is 0.218. The van der Waals surface area contributed by atoms with Crippen LogP contribution in [-0.4, -0.2) is 6.61 Å². The Morgan fingerprint density at radius 3 is 2.75 bits per heavy atom. The van der Waals surface area contributed by atoms with Crippen molar-refractivity contribution in [1.29, 1.82) is 0 Å². The van der Waals surface area contributed by atoms with Crippen LogP contribution in [0.4, 0.5) is 0 Å². The van der Waals surface area contributed by atoms with Gasteiger partial charge in [0.25, 0.3) is 0 Å². The first kappa shape index (κ1) is 11.7. The number of hydrogen-bond donors (Lipinski definition) is 0. The second-order valence-corrected chi connectivity index (χ2v) is 5.24. The number of halogens is 1. The van der Waals surface area contributed by atoms with Gasteiger partial charge >= 0.3 is 0 Å². The zero-order chi connectivity index (χ0) is 11.4. The summed E-state index contributed by atoms with van der Waals surface area (Å²) in [5.74, 6) is 0.959. The third kappa shape index (κ3) is 2.47. The Morgan fingerprint density at radius 1 is 1.25 bits per heavy atom. The normalized spacial score (nSPS) is 12.4. The quantitative estimate of drug-likeness (QED) is 0.748. The van der Waals surface area contributed by atoms with Gasteiger partial charge in [0.1, 0.15) is 5.75 Å². The fourth-order valence-electron chi connectivity index (χ4n) is 1.57. The summed E-state index contributed by atoms with van der Waals surface area (Å²) < 4.78 is 5.63. The highest BCUT2D eigenvalue weighted by molar-refractivity contribution is 9.09. The Kier molecular flexibility index (Phi) is 4.02. The fourth-order valence-corrected chi connectivity index (χ4v) is 3.14. The van der Waals surface area contributed by atoms with Crippen molar-refractivity contribution in [2.75, 3.05) is 6.61 Å². The summed E-state index contributed by atoms with van der Waals surface area (Å²) in [6.07, 6.45) is 0. The molecule has 84 valence electrons. The van der Waals surface area contributed by atoms with Crippen LogP contribution in [0, 0.1) is 0 Å². The molecule has 0 N–H and O–H groups in total. The molecule has 1 heterocycles. The van der Waals surface area contributed by atoms with E-state index in [4.69, 9.17) is 4.74 Å². The predicted octanol–water partition coefficient (Wildman–Crippen LogP) is 4.63. The maximum Gasteiger partial charge on any atom is 0.123 e. The van der Waals surface area contributed by atoms with Gasteiger partial charge in [-0.15, -0.1) is 11.3 Å². The lowest BCUT2D eigenvalue weighted by Crippen LogP contribution is -1.98. The van der Waals surface area contributed by atoms with E-state index in [1.165, 1.54) is 10.4 Å². The summed E-state index contributed by atoms with van der Waals surface area (Å²) in [6.45, 7) is 2.70. The van der Waals surface area contributed by atoms with Gasteiger partial charge in [0, 0.05) is 10.4 Å². The number of thiophene rings is 1. The first-order chi connectivity index (χ1) is 7.83. The van der Waals surface area contributed by atoms with Gasteiger partial charge in [0.2, 0.25) is 0 Å². The molecular weight excluding hydrogens is 284 g/mol. The zero-order valence-electron chi connectivity index (χ0n) is 9.02. The number of alkyl halides is 1. The Morgan fingerprint density at radius 2 is 2.06 bits per heavy atom. The lowest BCUT2D eigenvalue weighted by Gasteiger charge is -2.13. The molecule has 0 saturated heterocycles. The third-order valence-corrected chi connectivity index (χ3v) is 4.51. The number of benzene rings is 1. The van der Waals surface area contributed by atoms with Crippen LogP contribution in [0.5, 0.6) is 5.75 Å². The summed E-state index contributed by atoms with van der Waals surface area (Å²) in [5, 5.41) is 2.09. The summed E-state index contributed by atoms with van der Waals surface area (Å²) >= 11 is 5.47. The summed E-state index contributed by atoms with van der Waals surface area (Å²) in [4.78, 5) is 1.52. The van der Waals surface area contributed by atoms with Crippen molar-refractivity contribution in [3.63, 3.8) is 0 Å². The van der Waals surface area contributed by atoms with Gasteiger partial charge in [-0.25, -0.2) is 0 Å². The van der Waals surface area contributed by atoms with Crippen LogP contribution < -0.4 is 4.74 Å². The van der Waals surface area contributed by atoms with Gasteiger partial charge in [-0.1, -0.05) is 40.2 Å². The molecule has 0 aliphatic carbocycles. The van der Waals surface area contributed by atoms with Crippen LogP contribution >= 0.6 is 27.3 Å². The van der Waals surface area contributed by atoms with Crippen molar-refractivity contribution < 1.29 is 4.74 Å². The van der Waals surface area contributed by atoms with Crippen LogP contribution in [0.1, 0.15) is 22.2 Å². The molecule has 0 aliphatic rings. The van der Waals surface area contributed by atoms with E-state index in [0.29, 0.717) is 6.61 Å². The van der Waals surface area contributed by atoms with Gasteiger partial charge < -0.3 is 4.74 Å². The second-order valence-electron chi connectivity index (χ2n) is 3.35. The van der Waals surface area contributed by atoms with Crippen LogP contribution in [0.2, 0.25) is 0 Å². The number of para-hydroxylation sites is 1. The molecule has 0 spiro atoms. The van der Waals surface area contributed by atoms with Gasteiger partial charge in [0.15, 0.2) is 0 Å². The van der Waals surface area contributed by atoms with Crippen molar-refractivity contribution in [2.45, 2.75) is 11.8 Å². The largest absolute Gasteiger partial charge is 0.494 e. The van der Waals surface area contributed by atoms with E-state index >= 15 is 0 Å².